The Hall–Kier alpha value is -1.69. The zero-order valence-electron chi connectivity index (χ0n) is 16.9. The number of allylic oxidation sites excluding steroid dienone is 4. The van der Waals surface area contributed by atoms with E-state index in [0.29, 0.717) is 17.8 Å². The normalized spacial score (nSPS) is 42.6. The monoisotopic (exact) mass is 368 g/mol. The third kappa shape index (κ3) is 2.75. The van der Waals surface area contributed by atoms with Crippen molar-refractivity contribution in [3.05, 3.63) is 23.5 Å². The van der Waals surface area contributed by atoms with Crippen LogP contribution in [0.4, 0.5) is 0 Å². The highest BCUT2D eigenvalue weighted by Crippen LogP contribution is 2.65. The molecule has 0 saturated heterocycles. The van der Waals surface area contributed by atoms with Crippen molar-refractivity contribution in [3.8, 4) is 12.3 Å². The summed E-state index contributed by atoms with van der Waals surface area (Å²) >= 11 is 0. The Labute approximate surface area is 163 Å². The number of carbonyl (C=O) groups excluding carboxylic acids is 1. The van der Waals surface area contributed by atoms with Crippen LogP contribution in [0, 0.1) is 41.4 Å². The molecule has 2 fully saturated rings. The third-order valence-corrected chi connectivity index (χ3v) is 8.09. The van der Waals surface area contributed by atoms with Gasteiger partial charge in [0.25, 0.3) is 0 Å². The fraction of sp³-hybridized carbons (Fsp3) is 0.708. The number of terminal acetylenes is 1. The maximum absolute atomic E-state index is 11.8. The number of fused-ring (bicyclic) bond motifs is 5. The first-order chi connectivity index (χ1) is 12.9. The Bertz CT molecular complexity index is 726. The van der Waals surface area contributed by atoms with Gasteiger partial charge >= 0.3 is 5.97 Å². The summed E-state index contributed by atoms with van der Waals surface area (Å²) in [7, 11) is 0. The first-order valence-electron chi connectivity index (χ1n) is 10.6. The van der Waals surface area contributed by atoms with E-state index in [1.54, 1.807) is 0 Å². The minimum Gasteiger partial charge on any atom is -0.498 e. The molecule has 0 aromatic rings. The van der Waals surface area contributed by atoms with Gasteiger partial charge in [0, 0.05) is 18.8 Å². The SMILES string of the molecule is C#C[C@]1(OC(C)=O)CCC2C3CC=C4C=C(OCC)CCC4C3CC[C@@]21C. The van der Waals surface area contributed by atoms with Crippen LogP contribution in [0.25, 0.3) is 0 Å². The summed E-state index contributed by atoms with van der Waals surface area (Å²) in [4.78, 5) is 11.8. The molecule has 4 aliphatic rings. The van der Waals surface area contributed by atoms with E-state index in [0.717, 1.165) is 50.4 Å². The molecule has 0 aromatic carbocycles. The maximum atomic E-state index is 11.8. The van der Waals surface area contributed by atoms with Gasteiger partial charge < -0.3 is 9.47 Å². The van der Waals surface area contributed by atoms with Gasteiger partial charge in [0.15, 0.2) is 5.60 Å². The van der Waals surface area contributed by atoms with Crippen LogP contribution >= 0.6 is 0 Å². The van der Waals surface area contributed by atoms with E-state index in [4.69, 9.17) is 15.9 Å². The Morgan fingerprint density at radius 1 is 1.30 bits per heavy atom. The Morgan fingerprint density at radius 3 is 2.81 bits per heavy atom. The van der Waals surface area contributed by atoms with Gasteiger partial charge in [-0.3, -0.25) is 4.79 Å². The lowest BCUT2D eigenvalue weighted by Crippen LogP contribution is -2.53. The van der Waals surface area contributed by atoms with E-state index in [1.807, 2.05) is 0 Å². The molecule has 0 radical (unpaired) electrons. The van der Waals surface area contributed by atoms with Crippen LogP contribution in [0.3, 0.4) is 0 Å². The van der Waals surface area contributed by atoms with Crippen molar-refractivity contribution >= 4 is 5.97 Å². The fourth-order valence-electron chi connectivity index (χ4n) is 6.91. The zero-order chi connectivity index (χ0) is 19.2. The average molecular weight is 369 g/mol. The molecule has 4 unspecified atom stereocenters. The van der Waals surface area contributed by atoms with Crippen LogP contribution in [0.15, 0.2) is 23.5 Å². The second-order valence-corrected chi connectivity index (χ2v) is 9.12. The van der Waals surface area contributed by atoms with E-state index >= 15 is 0 Å². The molecule has 0 aromatic heterocycles. The van der Waals surface area contributed by atoms with Crippen molar-refractivity contribution in [2.75, 3.05) is 6.61 Å². The lowest BCUT2D eigenvalue weighted by Gasteiger charge is -2.54. The molecule has 3 nitrogen and oxygen atoms in total. The van der Waals surface area contributed by atoms with Crippen LogP contribution < -0.4 is 0 Å². The number of rotatable bonds is 3. The summed E-state index contributed by atoms with van der Waals surface area (Å²) in [6.07, 6.45) is 18.2. The summed E-state index contributed by atoms with van der Waals surface area (Å²) in [5, 5.41) is 0. The first kappa shape index (κ1) is 18.7. The lowest BCUT2D eigenvalue weighted by molar-refractivity contribution is -0.167. The molecule has 0 spiro atoms. The Kier molecular flexibility index (Phi) is 4.65. The summed E-state index contributed by atoms with van der Waals surface area (Å²) in [5.41, 5.74) is 0.685. The molecule has 6 atom stereocenters. The Morgan fingerprint density at radius 2 is 2.11 bits per heavy atom. The summed E-state index contributed by atoms with van der Waals surface area (Å²) in [6.45, 7) is 6.58. The van der Waals surface area contributed by atoms with Crippen LogP contribution in [-0.2, 0) is 14.3 Å². The van der Waals surface area contributed by atoms with Gasteiger partial charge in [-0.05, 0) is 80.8 Å². The summed E-state index contributed by atoms with van der Waals surface area (Å²) in [5.74, 6) is 6.43. The van der Waals surface area contributed by atoms with Gasteiger partial charge in [0.2, 0.25) is 0 Å². The van der Waals surface area contributed by atoms with E-state index in [-0.39, 0.29) is 11.4 Å². The number of carbonyl (C=O) groups is 1. The molecule has 27 heavy (non-hydrogen) atoms. The number of hydrogen-bond acceptors (Lipinski definition) is 3. The minimum absolute atomic E-state index is 0.0963. The van der Waals surface area contributed by atoms with Gasteiger partial charge in [-0.15, -0.1) is 6.42 Å². The van der Waals surface area contributed by atoms with Crippen LogP contribution in [0.1, 0.15) is 65.7 Å². The van der Waals surface area contributed by atoms with Gasteiger partial charge in [-0.2, -0.15) is 0 Å². The van der Waals surface area contributed by atoms with Crippen LogP contribution in [-0.4, -0.2) is 18.2 Å². The summed E-state index contributed by atoms with van der Waals surface area (Å²) < 4.78 is 11.6. The quantitative estimate of drug-likeness (QED) is 0.518. The topological polar surface area (TPSA) is 35.5 Å². The van der Waals surface area contributed by atoms with Crippen LogP contribution in [0.2, 0.25) is 0 Å². The molecule has 4 rings (SSSR count). The van der Waals surface area contributed by atoms with Gasteiger partial charge in [-0.1, -0.05) is 18.9 Å². The van der Waals surface area contributed by atoms with Crippen molar-refractivity contribution in [1.82, 2.24) is 0 Å². The van der Waals surface area contributed by atoms with Crippen molar-refractivity contribution in [3.63, 3.8) is 0 Å². The fourth-order valence-corrected chi connectivity index (χ4v) is 6.91. The predicted octanol–water partition coefficient (Wildman–Crippen LogP) is 5.02. The predicted molar refractivity (Wildman–Crippen MR) is 106 cm³/mol. The van der Waals surface area contributed by atoms with Crippen molar-refractivity contribution in [1.29, 1.82) is 0 Å². The smallest absolute Gasteiger partial charge is 0.304 e. The minimum atomic E-state index is -0.715. The third-order valence-electron chi connectivity index (χ3n) is 8.09. The standard InChI is InChI=1S/C24H32O3/c1-5-24(27-16(3)25)14-12-22-21-9-7-17-15-18(26-6-2)8-10-19(17)20(21)11-13-23(22,24)4/h1,7,15,19-22H,6,8-14H2,2-4H3/t19?,20?,21?,22?,23-,24-/m0/s1. The molecule has 0 N–H and O–H groups in total. The van der Waals surface area contributed by atoms with E-state index < -0.39 is 5.60 Å². The van der Waals surface area contributed by atoms with Crippen molar-refractivity contribution < 1.29 is 14.3 Å². The molecule has 0 aliphatic heterocycles. The molecular weight excluding hydrogens is 336 g/mol. The molecule has 0 bridgehead atoms. The Balaban J connectivity index is 1.62. The highest BCUT2D eigenvalue weighted by atomic mass is 16.6. The molecule has 146 valence electrons. The highest BCUT2D eigenvalue weighted by molar-refractivity contribution is 5.67. The summed E-state index contributed by atoms with van der Waals surface area (Å²) in [6, 6.07) is 0. The molecule has 0 heterocycles. The maximum Gasteiger partial charge on any atom is 0.304 e. The van der Waals surface area contributed by atoms with E-state index in [1.165, 1.54) is 25.3 Å². The number of ether oxygens (including phenoxy) is 2. The van der Waals surface area contributed by atoms with Gasteiger partial charge in [-0.25, -0.2) is 0 Å². The van der Waals surface area contributed by atoms with Crippen molar-refractivity contribution in [2.45, 2.75) is 71.3 Å². The van der Waals surface area contributed by atoms with Gasteiger partial charge in [0.05, 0.1) is 12.4 Å². The molecule has 3 heteroatoms. The second kappa shape index (κ2) is 6.73. The van der Waals surface area contributed by atoms with Gasteiger partial charge in [0.1, 0.15) is 0 Å². The first-order valence-corrected chi connectivity index (χ1v) is 10.6. The number of esters is 1. The molecule has 4 aliphatic carbocycles. The zero-order valence-corrected chi connectivity index (χ0v) is 16.9. The highest BCUT2D eigenvalue weighted by Gasteiger charge is 2.64. The van der Waals surface area contributed by atoms with Crippen molar-refractivity contribution in [2.24, 2.45) is 29.1 Å². The average Bonchev–Trinajstić information content (AvgIpc) is 2.94. The lowest BCUT2D eigenvalue weighted by atomic mass is 9.51. The second-order valence-electron chi connectivity index (χ2n) is 9.12. The largest absolute Gasteiger partial charge is 0.498 e. The van der Waals surface area contributed by atoms with E-state index in [2.05, 4.69) is 31.9 Å². The number of hydrogen-bond donors (Lipinski definition) is 0. The molecule has 0 amide bonds. The molecule has 2 saturated carbocycles. The van der Waals surface area contributed by atoms with Crippen LogP contribution in [0.5, 0.6) is 0 Å². The molecular formula is C24H32O3. The van der Waals surface area contributed by atoms with E-state index in [9.17, 15) is 4.79 Å².